The van der Waals surface area contributed by atoms with Gasteiger partial charge in [-0.2, -0.15) is 0 Å². The summed E-state index contributed by atoms with van der Waals surface area (Å²) in [4.78, 5) is 4.09. The Kier molecular flexibility index (Phi) is 9.68. The lowest BCUT2D eigenvalue weighted by molar-refractivity contribution is 0.185. The monoisotopic (exact) mass is 255 g/mol. The lowest BCUT2D eigenvalue weighted by Gasteiger charge is -2.05. The molecule has 0 N–H and O–H groups in total. The molecule has 0 aromatic rings. The van der Waals surface area contributed by atoms with Crippen LogP contribution in [-0.4, -0.2) is 25.8 Å². The average molecular weight is 255 g/mol. The topological polar surface area (TPSA) is 30.8 Å². The molecule has 1 rings (SSSR count). The van der Waals surface area contributed by atoms with Gasteiger partial charge in [0.25, 0.3) is 0 Å². The van der Waals surface area contributed by atoms with E-state index in [0.717, 1.165) is 19.6 Å². The molecular weight excluding hydrogens is 226 g/mol. The first-order valence-corrected chi connectivity index (χ1v) is 7.73. The summed E-state index contributed by atoms with van der Waals surface area (Å²) in [5.74, 6) is 0. The molecule has 0 aromatic carbocycles. The van der Waals surface area contributed by atoms with E-state index in [1.54, 1.807) is 0 Å². The Hall–Kier alpha value is -0.730. The Morgan fingerprint density at radius 2 is 1.56 bits per heavy atom. The van der Waals surface area contributed by atoms with Crippen LogP contribution in [0.2, 0.25) is 0 Å². The lowest BCUT2D eigenvalue weighted by Crippen LogP contribution is -2.06. The van der Waals surface area contributed by atoms with E-state index < -0.39 is 0 Å². The Labute approximate surface area is 112 Å². The summed E-state index contributed by atoms with van der Waals surface area (Å²) in [5, 5.41) is 0. The van der Waals surface area contributed by atoms with Gasteiger partial charge in [-0.15, -0.1) is 0 Å². The molecule has 0 saturated heterocycles. The van der Waals surface area contributed by atoms with Gasteiger partial charge in [-0.1, -0.05) is 64.7 Å². The first kappa shape index (κ1) is 15.3. The Balaban J connectivity index is 1.71. The summed E-state index contributed by atoms with van der Waals surface area (Å²) >= 11 is 0. The molecule has 0 unspecified atom stereocenters. The number of unbranched alkanes of at least 4 members (excludes halogenated alkanes) is 9. The summed E-state index contributed by atoms with van der Waals surface area (Å²) in [6.07, 6.45) is 14.0. The first-order chi connectivity index (χ1) is 8.93. The van der Waals surface area contributed by atoms with Gasteiger partial charge in [0.15, 0.2) is 0 Å². The second-order valence-corrected chi connectivity index (χ2v) is 5.03. The summed E-state index contributed by atoms with van der Waals surface area (Å²) < 4.78 is 10.6. The zero-order valence-corrected chi connectivity index (χ0v) is 12.0. The molecule has 0 radical (unpaired) electrons. The van der Waals surface area contributed by atoms with Crippen LogP contribution in [0.4, 0.5) is 0 Å². The predicted molar refractivity (Wildman–Crippen MR) is 76.1 cm³/mol. The molecule has 106 valence electrons. The van der Waals surface area contributed by atoms with E-state index in [2.05, 4.69) is 11.9 Å². The zero-order valence-electron chi connectivity index (χ0n) is 12.0. The van der Waals surface area contributed by atoms with Crippen molar-refractivity contribution in [2.45, 2.75) is 71.1 Å². The van der Waals surface area contributed by atoms with Gasteiger partial charge >= 0.3 is 6.08 Å². The molecule has 0 bridgehead atoms. The van der Waals surface area contributed by atoms with Crippen molar-refractivity contribution >= 4 is 6.08 Å². The third kappa shape index (κ3) is 8.37. The van der Waals surface area contributed by atoms with Gasteiger partial charge in [-0.3, -0.25) is 0 Å². The summed E-state index contributed by atoms with van der Waals surface area (Å²) in [6, 6.07) is 0. The normalized spacial score (nSPS) is 14.4. The maximum atomic E-state index is 5.40. The van der Waals surface area contributed by atoms with Crippen LogP contribution in [0.5, 0.6) is 0 Å². The van der Waals surface area contributed by atoms with Crippen molar-refractivity contribution in [1.82, 2.24) is 0 Å². The molecule has 3 nitrogen and oxygen atoms in total. The Bertz CT molecular complexity index is 217. The standard InChI is InChI=1S/C15H29NO2/c1-2-3-4-5-6-7-8-9-10-11-13-17-15-16-12-14-18-15/h2-14H2,1H3. The van der Waals surface area contributed by atoms with Gasteiger partial charge in [-0.05, 0) is 6.42 Å². The van der Waals surface area contributed by atoms with Crippen molar-refractivity contribution in [1.29, 1.82) is 0 Å². The maximum Gasteiger partial charge on any atom is 0.383 e. The van der Waals surface area contributed by atoms with Gasteiger partial charge < -0.3 is 9.47 Å². The molecule has 1 heterocycles. The van der Waals surface area contributed by atoms with Gasteiger partial charge in [0, 0.05) is 0 Å². The highest BCUT2D eigenvalue weighted by atomic mass is 16.7. The highest BCUT2D eigenvalue weighted by Crippen LogP contribution is 2.10. The van der Waals surface area contributed by atoms with Crippen molar-refractivity contribution < 1.29 is 9.47 Å². The van der Waals surface area contributed by atoms with Crippen LogP contribution in [0.15, 0.2) is 4.99 Å². The van der Waals surface area contributed by atoms with E-state index >= 15 is 0 Å². The van der Waals surface area contributed by atoms with E-state index in [-0.39, 0.29) is 0 Å². The van der Waals surface area contributed by atoms with Crippen molar-refractivity contribution in [3.05, 3.63) is 0 Å². The number of hydrogen-bond acceptors (Lipinski definition) is 3. The molecule has 1 aliphatic heterocycles. The Morgan fingerprint density at radius 3 is 2.11 bits per heavy atom. The van der Waals surface area contributed by atoms with Crippen LogP contribution in [-0.2, 0) is 9.47 Å². The van der Waals surface area contributed by atoms with E-state index in [9.17, 15) is 0 Å². The molecule has 1 aliphatic rings. The highest BCUT2D eigenvalue weighted by Gasteiger charge is 2.07. The smallest absolute Gasteiger partial charge is 0.383 e. The lowest BCUT2D eigenvalue weighted by atomic mass is 10.1. The number of nitrogens with zero attached hydrogens (tertiary/aromatic N) is 1. The van der Waals surface area contributed by atoms with E-state index in [4.69, 9.17) is 9.47 Å². The van der Waals surface area contributed by atoms with Gasteiger partial charge in [-0.25, -0.2) is 4.99 Å². The molecule has 0 fully saturated rings. The fraction of sp³-hybridized carbons (Fsp3) is 0.933. The Morgan fingerprint density at radius 1 is 0.944 bits per heavy atom. The van der Waals surface area contributed by atoms with E-state index in [1.165, 1.54) is 57.8 Å². The second-order valence-electron chi connectivity index (χ2n) is 5.03. The van der Waals surface area contributed by atoms with Crippen LogP contribution in [0, 0.1) is 0 Å². The van der Waals surface area contributed by atoms with Gasteiger partial charge in [0.1, 0.15) is 6.61 Å². The van der Waals surface area contributed by atoms with Gasteiger partial charge in [0.05, 0.1) is 13.2 Å². The van der Waals surface area contributed by atoms with Crippen LogP contribution in [0.3, 0.4) is 0 Å². The third-order valence-electron chi connectivity index (χ3n) is 3.28. The van der Waals surface area contributed by atoms with Gasteiger partial charge in [0.2, 0.25) is 0 Å². The zero-order chi connectivity index (χ0) is 12.9. The SMILES string of the molecule is CCCCCCCCCCCCOC1=NCCO1. The van der Waals surface area contributed by atoms with Crippen LogP contribution in [0.1, 0.15) is 71.1 Å². The van der Waals surface area contributed by atoms with Crippen molar-refractivity contribution in [2.75, 3.05) is 19.8 Å². The number of hydrogen-bond donors (Lipinski definition) is 0. The van der Waals surface area contributed by atoms with Crippen molar-refractivity contribution in [2.24, 2.45) is 4.99 Å². The predicted octanol–water partition coefficient (Wildman–Crippen LogP) is 4.31. The van der Waals surface area contributed by atoms with Crippen molar-refractivity contribution in [3.63, 3.8) is 0 Å². The molecule has 0 aliphatic carbocycles. The van der Waals surface area contributed by atoms with Crippen LogP contribution in [0.25, 0.3) is 0 Å². The number of ether oxygens (including phenoxy) is 2. The van der Waals surface area contributed by atoms with Crippen LogP contribution < -0.4 is 0 Å². The summed E-state index contributed by atoms with van der Waals surface area (Å²) in [6.45, 7) is 4.47. The molecule has 0 saturated carbocycles. The fourth-order valence-electron chi connectivity index (χ4n) is 2.15. The minimum absolute atomic E-state index is 0.505. The van der Waals surface area contributed by atoms with Crippen molar-refractivity contribution in [3.8, 4) is 0 Å². The molecule has 3 heteroatoms. The second kappa shape index (κ2) is 11.4. The molecule has 0 spiro atoms. The van der Waals surface area contributed by atoms with Crippen LogP contribution >= 0.6 is 0 Å². The largest absolute Gasteiger partial charge is 0.451 e. The first-order valence-electron chi connectivity index (χ1n) is 7.73. The number of rotatable bonds is 11. The quantitative estimate of drug-likeness (QED) is 0.515. The summed E-state index contributed by atoms with van der Waals surface area (Å²) in [7, 11) is 0. The molecule has 0 aromatic heterocycles. The molecular formula is C15H29NO2. The minimum Gasteiger partial charge on any atom is -0.451 e. The summed E-state index contributed by atoms with van der Waals surface area (Å²) in [5.41, 5.74) is 0. The molecule has 0 amide bonds. The number of aliphatic imine (C=N–C) groups is 1. The molecule has 0 atom stereocenters. The highest BCUT2D eigenvalue weighted by molar-refractivity contribution is 5.68. The average Bonchev–Trinajstić information content (AvgIpc) is 2.89. The maximum absolute atomic E-state index is 5.40. The third-order valence-corrected chi connectivity index (χ3v) is 3.28. The fourth-order valence-corrected chi connectivity index (χ4v) is 2.15. The van der Waals surface area contributed by atoms with E-state index in [0.29, 0.717) is 12.7 Å². The van der Waals surface area contributed by atoms with E-state index in [1.807, 2.05) is 0 Å². The minimum atomic E-state index is 0.505. The molecule has 18 heavy (non-hydrogen) atoms.